The van der Waals surface area contributed by atoms with Crippen LogP contribution in [-0.4, -0.2) is 0 Å². The second kappa shape index (κ2) is 5.44. The van der Waals surface area contributed by atoms with Crippen LogP contribution in [0.15, 0.2) is 33.5 Å². The fourth-order valence-electron chi connectivity index (χ4n) is 3.63. The van der Waals surface area contributed by atoms with Gasteiger partial charge in [0.25, 0.3) is 0 Å². The number of benzene rings is 1. The zero-order valence-electron chi connectivity index (χ0n) is 16.5. The highest BCUT2D eigenvalue weighted by Crippen LogP contribution is 2.55. The van der Waals surface area contributed by atoms with Gasteiger partial charge < -0.3 is 13.6 Å². The number of fused-ring (bicyclic) bond motifs is 2. The molecule has 4 rings (SSSR count). The zero-order chi connectivity index (χ0) is 18.8. The molecule has 0 unspecified atom stereocenters. The lowest BCUT2D eigenvalue weighted by Gasteiger charge is -2.32. The lowest BCUT2D eigenvalue weighted by atomic mass is 9.84. The van der Waals surface area contributed by atoms with Gasteiger partial charge in [-0.3, -0.25) is 4.90 Å². The monoisotopic (exact) mass is 351 g/mol. The predicted octanol–water partition coefficient (Wildman–Crippen LogP) is 6.98. The van der Waals surface area contributed by atoms with Crippen LogP contribution >= 0.6 is 0 Å². The minimum Gasteiger partial charge on any atom is -0.463 e. The molecule has 1 aliphatic heterocycles. The van der Waals surface area contributed by atoms with Gasteiger partial charge in [0.1, 0.15) is 35.4 Å². The van der Waals surface area contributed by atoms with Crippen LogP contribution in [-0.2, 0) is 5.41 Å². The molecule has 4 nitrogen and oxygen atoms in total. The quantitative estimate of drug-likeness (QED) is 0.371. The van der Waals surface area contributed by atoms with Crippen molar-refractivity contribution in [2.24, 2.45) is 0 Å². The molecule has 0 atom stereocenters. The highest BCUT2D eigenvalue weighted by Gasteiger charge is 2.34. The van der Waals surface area contributed by atoms with Crippen LogP contribution < -0.4 is 9.64 Å². The summed E-state index contributed by atoms with van der Waals surface area (Å²) in [5.41, 5.74) is 6.82. The molecule has 0 saturated heterocycles. The lowest BCUT2D eigenvalue weighted by molar-refractivity contribution is 0.431. The second-order valence-corrected chi connectivity index (χ2v) is 8.16. The molecule has 0 fully saturated rings. The Morgan fingerprint density at radius 3 is 1.65 bits per heavy atom. The van der Waals surface area contributed by atoms with Crippen molar-refractivity contribution in [2.75, 3.05) is 4.90 Å². The van der Waals surface area contributed by atoms with E-state index in [4.69, 9.17) is 13.6 Å². The summed E-state index contributed by atoms with van der Waals surface area (Å²) in [6.45, 7) is 14.9. The molecular formula is C22H25NO3. The minimum atomic E-state index is 0.105. The van der Waals surface area contributed by atoms with Gasteiger partial charge in [0, 0.05) is 0 Å². The third-order valence-electron chi connectivity index (χ3n) is 5.07. The number of nitrogens with zero attached hydrogens (tertiary/aromatic N) is 1. The van der Waals surface area contributed by atoms with E-state index in [0.717, 1.165) is 40.1 Å². The summed E-state index contributed by atoms with van der Waals surface area (Å²) < 4.78 is 17.4. The second-order valence-electron chi connectivity index (χ2n) is 8.16. The topological polar surface area (TPSA) is 38.8 Å². The van der Waals surface area contributed by atoms with Crippen molar-refractivity contribution < 1.29 is 13.6 Å². The van der Waals surface area contributed by atoms with E-state index in [1.54, 1.807) is 12.5 Å². The van der Waals surface area contributed by atoms with Crippen molar-refractivity contribution in [2.45, 2.75) is 53.9 Å². The van der Waals surface area contributed by atoms with Gasteiger partial charge in [-0.15, -0.1) is 0 Å². The summed E-state index contributed by atoms with van der Waals surface area (Å²) >= 11 is 0. The summed E-state index contributed by atoms with van der Waals surface area (Å²) in [7, 11) is 0. The first kappa shape index (κ1) is 16.8. The molecule has 0 aliphatic carbocycles. The standard InChI is InChI=1S/C22H25NO3/c1-12-8-16(22(5,6)7)9-13(2)19(12)23-17-10-24-14(3)20(17)26-21-15(4)25-11-18(21)23/h8-11H,1-7H3. The van der Waals surface area contributed by atoms with Crippen LogP contribution in [0, 0.1) is 27.7 Å². The number of hydrogen-bond donors (Lipinski definition) is 0. The highest BCUT2D eigenvalue weighted by atomic mass is 16.5. The average Bonchev–Trinajstić information content (AvgIpc) is 3.10. The Balaban J connectivity index is 1.97. The third kappa shape index (κ3) is 2.36. The van der Waals surface area contributed by atoms with E-state index in [0.29, 0.717) is 0 Å². The molecule has 0 amide bonds. The first-order chi connectivity index (χ1) is 12.2. The van der Waals surface area contributed by atoms with Gasteiger partial charge in [-0.05, 0) is 49.8 Å². The Kier molecular flexibility index (Phi) is 3.52. The maximum absolute atomic E-state index is 6.10. The lowest BCUT2D eigenvalue weighted by Crippen LogP contribution is -2.18. The molecular weight excluding hydrogens is 326 g/mol. The van der Waals surface area contributed by atoms with Crippen molar-refractivity contribution >= 4 is 17.1 Å². The van der Waals surface area contributed by atoms with Crippen molar-refractivity contribution in [3.8, 4) is 11.5 Å². The van der Waals surface area contributed by atoms with E-state index < -0.39 is 0 Å². The van der Waals surface area contributed by atoms with Gasteiger partial charge in [0.15, 0.2) is 11.5 Å². The fraction of sp³-hybridized carbons (Fsp3) is 0.364. The van der Waals surface area contributed by atoms with E-state index in [1.165, 1.54) is 16.7 Å². The van der Waals surface area contributed by atoms with Crippen LogP contribution in [0.2, 0.25) is 0 Å². The van der Waals surface area contributed by atoms with E-state index in [2.05, 4.69) is 51.7 Å². The number of anilines is 3. The predicted molar refractivity (Wildman–Crippen MR) is 103 cm³/mol. The first-order valence-electron chi connectivity index (χ1n) is 8.94. The summed E-state index contributed by atoms with van der Waals surface area (Å²) in [6.07, 6.45) is 3.51. The minimum absolute atomic E-state index is 0.105. The van der Waals surface area contributed by atoms with Gasteiger partial charge in [0.2, 0.25) is 0 Å². The number of furan rings is 2. The zero-order valence-corrected chi connectivity index (χ0v) is 16.5. The van der Waals surface area contributed by atoms with Crippen molar-refractivity contribution in [3.05, 3.63) is 52.9 Å². The highest BCUT2D eigenvalue weighted by molar-refractivity contribution is 5.88. The van der Waals surface area contributed by atoms with E-state index >= 15 is 0 Å². The summed E-state index contributed by atoms with van der Waals surface area (Å²) in [5.74, 6) is 3.03. The Morgan fingerprint density at radius 2 is 1.23 bits per heavy atom. The smallest absolute Gasteiger partial charge is 0.192 e. The summed E-state index contributed by atoms with van der Waals surface area (Å²) in [4.78, 5) is 2.19. The number of aryl methyl sites for hydroxylation is 4. The number of rotatable bonds is 1. The Morgan fingerprint density at radius 1 is 0.769 bits per heavy atom. The normalized spacial score (nSPS) is 13.4. The Hall–Kier alpha value is -2.62. The van der Waals surface area contributed by atoms with Crippen molar-refractivity contribution in [3.63, 3.8) is 0 Å². The van der Waals surface area contributed by atoms with Crippen molar-refractivity contribution in [1.29, 1.82) is 0 Å². The Labute approximate surface area is 154 Å². The van der Waals surface area contributed by atoms with Gasteiger partial charge in [-0.1, -0.05) is 32.9 Å². The van der Waals surface area contributed by atoms with Crippen molar-refractivity contribution in [1.82, 2.24) is 0 Å². The number of hydrogen-bond acceptors (Lipinski definition) is 4. The van der Waals surface area contributed by atoms with Crippen LogP contribution in [0.1, 0.15) is 49.0 Å². The van der Waals surface area contributed by atoms with Gasteiger partial charge >= 0.3 is 0 Å². The average molecular weight is 351 g/mol. The Bertz CT molecular complexity index is 932. The van der Waals surface area contributed by atoms with Crippen LogP contribution in [0.25, 0.3) is 0 Å². The molecule has 0 bridgehead atoms. The summed E-state index contributed by atoms with van der Waals surface area (Å²) in [6, 6.07) is 4.55. The van der Waals surface area contributed by atoms with Gasteiger partial charge in [-0.25, -0.2) is 0 Å². The molecule has 4 heteroatoms. The van der Waals surface area contributed by atoms with Crippen LogP contribution in [0.3, 0.4) is 0 Å². The molecule has 0 spiro atoms. The van der Waals surface area contributed by atoms with E-state index in [-0.39, 0.29) is 5.41 Å². The first-order valence-corrected chi connectivity index (χ1v) is 8.94. The molecule has 0 radical (unpaired) electrons. The number of ether oxygens (including phenoxy) is 1. The molecule has 3 heterocycles. The molecule has 1 aliphatic rings. The largest absolute Gasteiger partial charge is 0.463 e. The molecule has 0 saturated carbocycles. The maximum Gasteiger partial charge on any atom is 0.192 e. The SMILES string of the molecule is Cc1cc(C(C)(C)C)cc(C)c1N1c2coc(C)c2Oc2c1coc2C. The van der Waals surface area contributed by atoms with Crippen LogP contribution in [0.4, 0.5) is 17.1 Å². The maximum atomic E-state index is 6.10. The molecule has 136 valence electrons. The van der Waals surface area contributed by atoms with E-state index in [1.807, 2.05) is 13.8 Å². The molecule has 3 aromatic rings. The molecule has 0 N–H and O–H groups in total. The third-order valence-corrected chi connectivity index (χ3v) is 5.07. The van der Waals surface area contributed by atoms with E-state index in [9.17, 15) is 0 Å². The fourth-order valence-corrected chi connectivity index (χ4v) is 3.63. The molecule has 26 heavy (non-hydrogen) atoms. The van der Waals surface area contributed by atoms with Gasteiger partial charge in [0.05, 0.1) is 5.69 Å². The molecule has 2 aromatic heterocycles. The van der Waals surface area contributed by atoms with Gasteiger partial charge in [-0.2, -0.15) is 0 Å². The summed E-state index contributed by atoms with van der Waals surface area (Å²) in [5, 5.41) is 0. The van der Waals surface area contributed by atoms with Crippen LogP contribution in [0.5, 0.6) is 11.5 Å². The molecule has 1 aromatic carbocycles.